The second-order valence-electron chi connectivity index (χ2n) is 7.09. The fraction of sp³-hybridized carbons (Fsp3) is 0.647. The minimum atomic E-state index is -0.342. The maximum atomic E-state index is 6.04. The van der Waals surface area contributed by atoms with E-state index in [4.69, 9.17) is 4.74 Å². The topological polar surface area (TPSA) is 21.3 Å². The van der Waals surface area contributed by atoms with Crippen LogP contribution in [0.3, 0.4) is 0 Å². The summed E-state index contributed by atoms with van der Waals surface area (Å²) in [6, 6.07) is 0. The summed E-state index contributed by atoms with van der Waals surface area (Å²) in [6.45, 7) is 21.6. The molecule has 108 valence electrons. The summed E-state index contributed by atoms with van der Waals surface area (Å²) in [7, 11) is 0. The van der Waals surface area contributed by atoms with Gasteiger partial charge in [-0.25, -0.2) is 0 Å². The van der Waals surface area contributed by atoms with Crippen molar-refractivity contribution in [3.8, 4) is 0 Å². The van der Waals surface area contributed by atoms with Crippen LogP contribution in [0.25, 0.3) is 0 Å². The number of allylic oxidation sites excluding steroid dienone is 2. The van der Waals surface area contributed by atoms with Crippen LogP contribution in [-0.4, -0.2) is 12.2 Å². The van der Waals surface area contributed by atoms with Gasteiger partial charge in [-0.2, -0.15) is 0 Å². The molecule has 2 heteroatoms. The lowest BCUT2D eigenvalue weighted by Crippen LogP contribution is -2.40. The SMILES string of the molecule is C=C(C)COC(C)(C)C1=C(C(C)(C)C)CCC(=C)N1. The summed E-state index contributed by atoms with van der Waals surface area (Å²) in [5, 5.41) is 3.47. The van der Waals surface area contributed by atoms with Crippen LogP contribution in [0.5, 0.6) is 0 Å². The molecule has 0 aromatic rings. The zero-order valence-electron chi connectivity index (χ0n) is 13.4. The molecule has 0 unspecified atom stereocenters. The summed E-state index contributed by atoms with van der Waals surface area (Å²) in [5.41, 5.74) is 4.54. The molecule has 0 saturated heterocycles. The third-order valence-electron chi connectivity index (χ3n) is 3.47. The molecule has 0 bridgehead atoms. The molecule has 0 fully saturated rings. The molecule has 0 amide bonds. The highest BCUT2D eigenvalue weighted by molar-refractivity contribution is 5.32. The average Bonchev–Trinajstić information content (AvgIpc) is 2.25. The predicted octanol–water partition coefficient (Wildman–Crippen LogP) is 4.56. The highest BCUT2D eigenvalue weighted by Gasteiger charge is 2.34. The van der Waals surface area contributed by atoms with Crippen LogP contribution in [0.4, 0.5) is 0 Å². The van der Waals surface area contributed by atoms with Crippen molar-refractivity contribution in [1.82, 2.24) is 5.32 Å². The first-order valence-corrected chi connectivity index (χ1v) is 7.01. The lowest BCUT2D eigenvalue weighted by molar-refractivity contribution is 0.0182. The van der Waals surface area contributed by atoms with Crippen LogP contribution in [0.1, 0.15) is 54.4 Å². The normalized spacial score (nSPS) is 17.5. The van der Waals surface area contributed by atoms with E-state index in [-0.39, 0.29) is 11.0 Å². The van der Waals surface area contributed by atoms with Gasteiger partial charge in [-0.1, -0.05) is 39.5 Å². The summed E-state index contributed by atoms with van der Waals surface area (Å²) in [6.07, 6.45) is 2.07. The van der Waals surface area contributed by atoms with E-state index in [0.29, 0.717) is 6.61 Å². The van der Waals surface area contributed by atoms with Gasteiger partial charge in [-0.05, 0) is 44.6 Å². The van der Waals surface area contributed by atoms with E-state index < -0.39 is 0 Å². The van der Waals surface area contributed by atoms with Gasteiger partial charge in [0.2, 0.25) is 0 Å². The van der Waals surface area contributed by atoms with E-state index in [1.54, 1.807) is 0 Å². The minimum absolute atomic E-state index is 0.146. The quantitative estimate of drug-likeness (QED) is 0.751. The molecule has 1 rings (SSSR count). The number of rotatable bonds is 4. The van der Waals surface area contributed by atoms with Crippen molar-refractivity contribution < 1.29 is 4.74 Å². The van der Waals surface area contributed by atoms with Crippen molar-refractivity contribution >= 4 is 0 Å². The smallest absolute Gasteiger partial charge is 0.103 e. The maximum Gasteiger partial charge on any atom is 0.103 e. The largest absolute Gasteiger partial charge is 0.365 e. The van der Waals surface area contributed by atoms with E-state index in [1.807, 2.05) is 6.92 Å². The van der Waals surface area contributed by atoms with Crippen LogP contribution in [0.15, 0.2) is 35.7 Å². The Bertz CT molecular complexity index is 407. The fourth-order valence-electron chi connectivity index (χ4n) is 2.36. The molecule has 19 heavy (non-hydrogen) atoms. The molecule has 0 radical (unpaired) electrons. The number of nitrogens with one attached hydrogen (secondary N) is 1. The van der Waals surface area contributed by atoms with E-state index in [0.717, 1.165) is 24.1 Å². The lowest BCUT2D eigenvalue weighted by atomic mass is 9.77. The van der Waals surface area contributed by atoms with E-state index in [9.17, 15) is 0 Å². The number of hydrogen-bond acceptors (Lipinski definition) is 2. The molecule has 0 aliphatic carbocycles. The molecule has 1 aliphatic heterocycles. The Morgan fingerprint density at radius 1 is 1.21 bits per heavy atom. The van der Waals surface area contributed by atoms with E-state index >= 15 is 0 Å². The molecule has 2 nitrogen and oxygen atoms in total. The van der Waals surface area contributed by atoms with Gasteiger partial charge in [-0.3, -0.25) is 0 Å². The summed E-state index contributed by atoms with van der Waals surface area (Å²) < 4.78 is 6.04. The summed E-state index contributed by atoms with van der Waals surface area (Å²) in [5.74, 6) is 0. The Morgan fingerprint density at radius 2 is 1.79 bits per heavy atom. The molecule has 0 atom stereocenters. The van der Waals surface area contributed by atoms with Crippen molar-refractivity contribution in [2.24, 2.45) is 5.41 Å². The predicted molar refractivity (Wildman–Crippen MR) is 82.8 cm³/mol. The second-order valence-corrected chi connectivity index (χ2v) is 7.09. The molecular formula is C17H29NO. The Morgan fingerprint density at radius 3 is 2.26 bits per heavy atom. The highest BCUT2D eigenvalue weighted by atomic mass is 16.5. The van der Waals surface area contributed by atoms with Crippen LogP contribution in [0.2, 0.25) is 0 Å². The van der Waals surface area contributed by atoms with Crippen LogP contribution in [0, 0.1) is 5.41 Å². The summed E-state index contributed by atoms with van der Waals surface area (Å²) >= 11 is 0. The second kappa shape index (κ2) is 5.54. The van der Waals surface area contributed by atoms with Gasteiger partial charge in [0.05, 0.1) is 6.61 Å². The van der Waals surface area contributed by atoms with Gasteiger partial charge >= 0.3 is 0 Å². The lowest BCUT2D eigenvalue weighted by Gasteiger charge is -2.39. The Balaban J connectivity index is 3.11. The Labute approximate surface area is 118 Å². The Kier molecular flexibility index (Phi) is 4.67. The van der Waals surface area contributed by atoms with Gasteiger partial charge in [-0.15, -0.1) is 0 Å². The van der Waals surface area contributed by atoms with Crippen LogP contribution in [-0.2, 0) is 4.74 Å². The average molecular weight is 263 g/mol. The summed E-state index contributed by atoms with van der Waals surface area (Å²) in [4.78, 5) is 0. The molecule has 1 aliphatic rings. The molecule has 0 aromatic carbocycles. The van der Waals surface area contributed by atoms with Crippen molar-refractivity contribution in [3.05, 3.63) is 35.7 Å². The Hall–Kier alpha value is -1.02. The molecule has 1 N–H and O–H groups in total. The monoisotopic (exact) mass is 263 g/mol. The highest BCUT2D eigenvalue weighted by Crippen LogP contribution is 2.39. The van der Waals surface area contributed by atoms with Crippen molar-refractivity contribution in [2.45, 2.75) is 60.0 Å². The van der Waals surface area contributed by atoms with Gasteiger partial charge in [0.25, 0.3) is 0 Å². The molecular weight excluding hydrogens is 234 g/mol. The minimum Gasteiger partial charge on any atom is -0.365 e. The fourth-order valence-corrected chi connectivity index (χ4v) is 2.36. The first-order valence-electron chi connectivity index (χ1n) is 7.01. The third-order valence-corrected chi connectivity index (χ3v) is 3.47. The zero-order valence-corrected chi connectivity index (χ0v) is 13.4. The standard InChI is InChI=1S/C17H29NO/c1-12(2)11-19-17(7,8)15-14(16(4,5)6)10-9-13(3)18-15/h18H,1,3,9-11H2,2,4-8H3. The molecule has 0 saturated carbocycles. The van der Waals surface area contributed by atoms with E-state index in [2.05, 4.69) is 53.1 Å². The number of hydrogen-bond donors (Lipinski definition) is 1. The number of ether oxygens (including phenoxy) is 1. The molecule has 0 aromatic heterocycles. The van der Waals surface area contributed by atoms with Crippen molar-refractivity contribution in [2.75, 3.05) is 6.61 Å². The van der Waals surface area contributed by atoms with Crippen LogP contribution < -0.4 is 5.32 Å². The molecule has 0 spiro atoms. The van der Waals surface area contributed by atoms with Crippen molar-refractivity contribution in [1.29, 1.82) is 0 Å². The first kappa shape index (κ1) is 16.0. The zero-order chi connectivity index (χ0) is 14.8. The van der Waals surface area contributed by atoms with Gasteiger partial charge in [0.15, 0.2) is 0 Å². The van der Waals surface area contributed by atoms with Gasteiger partial charge < -0.3 is 10.1 Å². The van der Waals surface area contributed by atoms with E-state index in [1.165, 1.54) is 11.3 Å². The van der Waals surface area contributed by atoms with Gasteiger partial charge in [0, 0.05) is 11.4 Å². The first-order chi connectivity index (χ1) is 8.54. The third kappa shape index (κ3) is 4.24. The molecule has 1 heterocycles. The van der Waals surface area contributed by atoms with Crippen LogP contribution >= 0.6 is 0 Å². The maximum absolute atomic E-state index is 6.04. The van der Waals surface area contributed by atoms with Gasteiger partial charge in [0.1, 0.15) is 5.60 Å². The van der Waals surface area contributed by atoms with Crippen molar-refractivity contribution in [3.63, 3.8) is 0 Å².